The summed E-state index contributed by atoms with van der Waals surface area (Å²) in [5.41, 5.74) is 1.27. The summed E-state index contributed by atoms with van der Waals surface area (Å²) in [4.78, 5) is 27.9. The van der Waals surface area contributed by atoms with Crippen molar-refractivity contribution in [3.8, 4) is 11.5 Å². The van der Waals surface area contributed by atoms with Crippen LogP contribution in [0.15, 0.2) is 17.5 Å². The lowest BCUT2D eigenvalue weighted by Crippen LogP contribution is -2.17. The Balaban J connectivity index is 1.60. The number of carbonyl (C=O) groups is 2. The maximum Gasteiger partial charge on any atom is 0.311 e. The smallest absolute Gasteiger partial charge is 0.311 e. The summed E-state index contributed by atoms with van der Waals surface area (Å²) in [7, 11) is 0. The van der Waals surface area contributed by atoms with Gasteiger partial charge in [-0.25, -0.2) is 4.98 Å². The highest BCUT2D eigenvalue weighted by molar-refractivity contribution is 7.13. The lowest BCUT2D eigenvalue weighted by Gasteiger charge is -2.20. The van der Waals surface area contributed by atoms with Crippen LogP contribution in [0.1, 0.15) is 18.2 Å². The fraction of sp³-hybridized carbons (Fsp3) is 0.353. The van der Waals surface area contributed by atoms with Crippen molar-refractivity contribution >= 4 is 39.9 Å². The minimum Gasteiger partial charge on any atom is -0.486 e. The number of ether oxygens (including phenoxy) is 3. The molecule has 1 amide bonds. The van der Waals surface area contributed by atoms with Crippen molar-refractivity contribution in [1.29, 1.82) is 0 Å². The van der Waals surface area contributed by atoms with Gasteiger partial charge in [0.25, 0.3) is 0 Å². The van der Waals surface area contributed by atoms with E-state index in [0.717, 1.165) is 0 Å². The molecule has 138 valence electrons. The Morgan fingerprint density at radius 1 is 1.31 bits per heavy atom. The van der Waals surface area contributed by atoms with E-state index in [0.29, 0.717) is 52.7 Å². The molecule has 0 radical (unpaired) electrons. The predicted molar refractivity (Wildman–Crippen MR) is 97.2 cm³/mol. The van der Waals surface area contributed by atoms with Crippen molar-refractivity contribution in [2.45, 2.75) is 19.8 Å². The molecule has 1 aliphatic heterocycles. The molecule has 9 heteroatoms. The largest absolute Gasteiger partial charge is 0.486 e. The van der Waals surface area contributed by atoms with Crippen molar-refractivity contribution in [3.63, 3.8) is 0 Å². The fourth-order valence-corrected chi connectivity index (χ4v) is 3.43. The molecule has 2 heterocycles. The molecule has 0 fully saturated rings. The van der Waals surface area contributed by atoms with E-state index in [4.69, 9.17) is 25.8 Å². The van der Waals surface area contributed by atoms with E-state index in [2.05, 4.69) is 10.3 Å². The molecule has 0 atom stereocenters. The number of esters is 1. The second-order valence-corrected chi connectivity index (χ2v) is 6.72. The number of amides is 1. The number of hydrogen-bond donors (Lipinski definition) is 1. The van der Waals surface area contributed by atoms with Crippen molar-refractivity contribution in [2.75, 3.05) is 25.1 Å². The first-order valence-corrected chi connectivity index (χ1v) is 9.28. The highest BCUT2D eigenvalue weighted by Crippen LogP contribution is 2.38. The van der Waals surface area contributed by atoms with Crippen LogP contribution in [0.25, 0.3) is 0 Å². The number of aromatic nitrogens is 1. The molecular formula is C17H17ClN2O5S. The number of nitrogens with zero attached hydrogens (tertiary/aromatic N) is 1. The molecule has 0 saturated carbocycles. The van der Waals surface area contributed by atoms with E-state index in [9.17, 15) is 9.59 Å². The highest BCUT2D eigenvalue weighted by atomic mass is 35.5. The van der Waals surface area contributed by atoms with Gasteiger partial charge in [-0.05, 0) is 24.6 Å². The molecule has 0 aliphatic carbocycles. The third-order valence-corrected chi connectivity index (χ3v) is 4.54. The molecule has 1 aliphatic rings. The van der Waals surface area contributed by atoms with E-state index in [1.54, 1.807) is 24.4 Å². The second-order valence-electron chi connectivity index (χ2n) is 5.45. The Kier molecular flexibility index (Phi) is 5.95. The standard InChI is InChI=1S/C17H17ClN2O5S/c1-2-23-15(22)8-11-9-26-17(19-11)20-14(21)7-10-5-12(18)16-13(6-10)24-3-4-25-16/h5-6,9H,2-4,7-8H2,1H3,(H,19,20,21). The minimum atomic E-state index is -0.346. The third kappa shape index (κ3) is 4.64. The summed E-state index contributed by atoms with van der Waals surface area (Å²) in [6.07, 6.45) is 0.196. The van der Waals surface area contributed by atoms with E-state index in [1.807, 2.05) is 0 Å². The maximum atomic E-state index is 12.2. The summed E-state index contributed by atoms with van der Waals surface area (Å²) in [5, 5.41) is 5.27. The number of anilines is 1. The van der Waals surface area contributed by atoms with Crippen LogP contribution >= 0.6 is 22.9 Å². The first-order valence-electron chi connectivity index (χ1n) is 8.03. The minimum absolute atomic E-state index is 0.0813. The van der Waals surface area contributed by atoms with Gasteiger partial charge < -0.3 is 19.5 Å². The molecular weight excluding hydrogens is 380 g/mol. The Morgan fingerprint density at radius 3 is 2.92 bits per heavy atom. The lowest BCUT2D eigenvalue weighted by atomic mass is 10.1. The monoisotopic (exact) mass is 396 g/mol. The van der Waals surface area contributed by atoms with Crippen molar-refractivity contribution in [3.05, 3.63) is 33.8 Å². The predicted octanol–water partition coefficient (Wildman–Crippen LogP) is 2.85. The topological polar surface area (TPSA) is 86.8 Å². The highest BCUT2D eigenvalue weighted by Gasteiger charge is 2.18. The fourth-order valence-electron chi connectivity index (χ4n) is 2.42. The first-order chi connectivity index (χ1) is 12.5. The zero-order valence-corrected chi connectivity index (χ0v) is 15.6. The first kappa shape index (κ1) is 18.5. The summed E-state index contributed by atoms with van der Waals surface area (Å²) in [6, 6.07) is 3.43. The Bertz CT molecular complexity index is 823. The van der Waals surface area contributed by atoms with Crippen LogP contribution in [0.5, 0.6) is 11.5 Å². The quantitative estimate of drug-likeness (QED) is 0.755. The summed E-state index contributed by atoms with van der Waals surface area (Å²) >= 11 is 7.43. The summed E-state index contributed by atoms with van der Waals surface area (Å²) in [5.74, 6) is 0.458. The van der Waals surface area contributed by atoms with Crippen LogP contribution in [-0.2, 0) is 27.2 Å². The van der Waals surface area contributed by atoms with Gasteiger partial charge in [0.2, 0.25) is 5.91 Å². The van der Waals surface area contributed by atoms with Crippen molar-refractivity contribution in [2.24, 2.45) is 0 Å². The lowest BCUT2D eigenvalue weighted by molar-refractivity contribution is -0.142. The van der Waals surface area contributed by atoms with Gasteiger partial charge in [0, 0.05) is 5.38 Å². The van der Waals surface area contributed by atoms with Crippen LogP contribution < -0.4 is 14.8 Å². The van der Waals surface area contributed by atoms with Crippen LogP contribution in [0.2, 0.25) is 5.02 Å². The van der Waals surface area contributed by atoms with Gasteiger partial charge >= 0.3 is 5.97 Å². The molecule has 0 unspecified atom stereocenters. The average molecular weight is 397 g/mol. The number of nitrogens with one attached hydrogen (secondary N) is 1. The van der Waals surface area contributed by atoms with Crippen LogP contribution in [0, 0.1) is 0 Å². The second kappa shape index (κ2) is 8.37. The van der Waals surface area contributed by atoms with Crippen molar-refractivity contribution < 1.29 is 23.8 Å². The van der Waals surface area contributed by atoms with Crippen LogP contribution in [0.3, 0.4) is 0 Å². The molecule has 2 aromatic rings. The Hall–Kier alpha value is -2.32. The van der Waals surface area contributed by atoms with Gasteiger partial charge in [-0.1, -0.05) is 11.6 Å². The Morgan fingerprint density at radius 2 is 2.12 bits per heavy atom. The number of rotatable bonds is 6. The number of thiazole rings is 1. The van der Waals surface area contributed by atoms with E-state index in [1.165, 1.54) is 11.3 Å². The third-order valence-electron chi connectivity index (χ3n) is 3.45. The van der Waals surface area contributed by atoms with Gasteiger partial charge in [-0.3, -0.25) is 9.59 Å². The SMILES string of the molecule is CCOC(=O)Cc1csc(NC(=O)Cc2cc(Cl)c3c(c2)OCCO3)n1. The molecule has 0 spiro atoms. The number of carbonyl (C=O) groups excluding carboxylic acids is 2. The van der Waals surface area contributed by atoms with Gasteiger partial charge in [0.1, 0.15) is 13.2 Å². The molecule has 1 aromatic carbocycles. The van der Waals surface area contributed by atoms with Crippen LogP contribution in [-0.4, -0.2) is 36.7 Å². The zero-order chi connectivity index (χ0) is 18.5. The molecule has 0 bridgehead atoms. The Labute approximate surface area is 159 Å². The van der Waals surface area contributed by atoms with Crippen molar-refractivity contribution in [1.82, 2.24) is 4.98 Å². The van der Waals surface area contributed by atoms with E-state index >= 15 is 0 Å². The summed E-state index contributed by atoms with van der Waals surface area (Å²) in [6.45, 7) is 2.96. The summed E-state index contributed by atoms with van der Waals surface area (Å²) < 4.78 is 15.8. The maximum absolute atomic E-state index is 12.2. The van der Waals surface area contributed by atoms with Gasteiger partial charge in [0.15, 0.2) is 16.6 Å². The van der Waals surface area contributed by atoms with E-state index in [-0.39, 0.29) is 24.7 Å². The average Bonchev–Trinajstić information content (AvgIpc) is 3.01. The van der Waals surface area contributed by atoms with Gasteiger partial charge in [-0.2, -0.15) is 0 Å². The molecule has 1 aromatic heterocycles. The number of fused-ring (bicyclic) bond motifs is 1. The normalized spacial score (nSPS) is 12.5. The zero-order valence-electron chi connectivity index (χ0n) is 14.0. The number of halogens is 1. The van der Waals surface area contributed by atoms with Crippen LogP contribution in [0.4, 0.5) is 5.13 Å². The van der Waals surface area contributed by atoms with Gasteiger partial charge in [-0.15, -0.1) is 11.3 Å². The molecule has 3 rings (SSSR count). The molecule has 1 N–H and O–H groups in total. The molecule has 26 heavy (non-hydrogen) atoms. The van der Waals surface area contributed by atoms with Gasteiger partial charge in [0.05, 0.1) is 30.2 Å². The van der Waals surface area contributed by atoms with E-state index < -0.39 is 0 Å². The molecule has 0 saturated heterocycles. The number of benzene rings is 1. The molecule has 7 nitrogen and oxygen atoms in total. The number of hydrogen-bond acceptors (Lipinski definition) is 7.